The van der Waals surface area contributed by atoms with Crippen LogP contribution < -0.4 is 5.73 Å². The molecule has 0 amide bonds. The maximum Gasteiger partial charge on any atom is 0.0929 e. The maximum atomic E-state index is 6.13. The van der Waals surface area contributed by atoms with Crippen LogP contribution in [-0.4, -0.2) is 23.2 Å². The minimum Gasteiger partial charge on any atom is -0.374 e. The van der Waals surface area contributed by atoms with Crippen LogP contribution in [0.4, 0.5) is 0 Å². The molecule has 4 heteroatoms. The van der Waals surface area contributed by atoms with Gasteiger partial charge in [-0.15, -0.1) is 11.3 Å². The third-order valence-electron chi connectivity index (χ3n) is 2.90. The van der Waals surface area contributed by atoms with E-state index in [1.165, 1.54) is 0 Å². The molecule has 1 fully saturated rings. The van der Waals surface area contributed by atoms with Gasteiger partial charge in [0.2, 0.25) is 0 Å². The Labute approximate surface area is 88.3 Å². The van der Waals surface area contributed by atoms with Crippen LogP contribution >= 0.6 is 11.3 Å². The van der Waals surface area contributed by atoms with Crippen molar-refractivity contribution in [2.45, 2.75) is 31.9 Å². The molecule has 3 nitrogen and oxygen atoms in total. The molecule has 1 aromatic rings. The topological polar surface area (TPSA) is 48.1 Å². The van der Waals surface area contributed by atoms with E-state index in [-0.39, 0.29) is 11.6 Å². The minimum atomic E-state index is -0.179. The van der Waals surface area contributed by atoms with Crippen LogP contribution in [0.25, 0.3) is 0 Å². The lowest BCUT2D eigenvalue weighted by Crippen LogP contribution is -2.43. The number of nitrogens with zero attached hydrogens (tertiary/aromatic N) is 1. The number of hydrogen-bond acceptors (Lipinski definition) is 4. The molecule has 1 saturated heterocycles. The molecule has 2 unspecified atom stereocenters. The van der Waals surface area contributed by atoms with E-state index >= 15 is 0 Å². The lowest BCUT2D eigenvalue weighted by molar-refractivity contribution is 0.0275. The number of ether oxygens (including phenoxy) is 1. The van der Waals surface area contributed by atoms with E-state index in [9.17, 15) is 0 Å². The molecule has 78 valence electrons. The molecule has 1 aromatic heterocycles. The summed E-state index contributed by atoms with van der Waals surface area (Å²) >= 11 is 1.69. The lowest BCUT2D eigenvalue weighted by atomic mass is 9.90. The largest absolute Gasteiger partial charge is 0.374 e. The van der Waals surface area contributed by atoms with Gasteiger partial charge in [0.05, 0.1) is 17.2 Å². The first-order chi connectivity index (χ1) is 6.59. The SMILES string of the molecule is CC1(C)OCC(Cc2nccs2)C1N. The molecular weight excluding hydrogens is 196 g/mol. The smallest absolute Gasteiger partial charge is 0.0929 e. The Hall–Kier alpha value is -0.450. The fourth-order valence-electron chi connectivity index (χ4n) is 1.85. The second-order valence-electron chi connectivity index (χ2n) is 4.33. The molecule has 0 radical (unpaired) electrons. The fourth-order valence-corrected chi connectivity index (χ4v) is 2.56. The summed E-state index contributed by atoms with van der Waals surface area (Å²) in [6.45, 7) is 4.87. The molecule has 2 N–H and O–H groups in total. The zero-order valence-electron chi connectivity index (χ0n) is 8.56. The Kier molecular flexibility index (Phi) is 2.60. The summed E-state index contributed by atoms with van der Waals surface area (Å²) in [4.78, 5) is 4.27. The Morgan fingerprint density at radius 2 is 2.50 bits per heavy atom. The quantitative estimate of drug-likeness (QED) is 0.807. The highest BCUT2D eigenvalue weighted by atomic mass is 32.1. The van der Waals surface area contributed by atoms with Crippen molar-refractivity contribution in [2.24, 2.45) is 11.7 Å². The average molecular weight is 212 g/mol. The second kappa shape index (κ2) is 3.61. The van der Waals surface area contributed by atoms with Crippen LogP contribution in [0.3, 0.4) is 0 Å². The summed E-state index contributed by atoms with van der Waals surface area (Å²) in [6, 6.07) is 0.117. The molecule has 2 rings (SSSR count). The zero-order valence-corrected chi connectivity index (χ0v) is 9.38. The van der Waals surface area contributed by atoms with E-state index in [1.54, 1.807) is 11.3 Å². The Balaban J connectivity index is 2.01. The molecule has 14 heavy (non-hydrogen) atoms. The predicted octanol–water partition coefficient (Wildman–Crippen LogP) is 1.44. The van der Waals surface area contributed by atoms with Crippen molar-refractivity contribution in [3.05, 3.63) is 16.6 Å². The van der Waals surface area contributed by atoms with Gasteiger partial charge in [-0.2, -0.15) is 0 Å². The highest BCUT2D eigenvalue weighted by Crippen LogP contribution is 2.30. The molecule has 1 aliphatic heterocycles. The van der Waals surface area contributed by atoms with Crippen molar-refractivity contribution in [1.82, 2.24) is 4.98 Å². The highest BCUT2D eigenvalue weighted by molar-refractivity contribution is 7.09. The summed E-state index contributed by atoms with van der Waals surface area (Å²) in [5.74, 6) is 0.413. The number of nitrogens with two attached hydrogens (primary N) is 1. The Morgan fingerprint density at radius 1 is 1.71 bits per heavy atom. The fraction of sp³-hybridized carbons (Fsp3) is 0.700. The highest BCUT2D eigenvalue weighted by Gasteiger charge is 2.40. The van der Waals surface area contributed by atoms with E-state index in [0.717, 1.165) is 18.0 Å². The second-order valence-corrected chi connectivity index (χ2v) is 5.31. The van der Waals surface area contributed by atoms with Gasteiger partial charge in [-0.25, -0.2) is 4.98 Å². The van der Waals surface area contributed by atoms with Crippen molar-refractivity contribution in [3.8, 4) is 0 Å². The molecule has 0 saturated carbocycles. The number of thiazole rings is 1. The van der Waals surface area contributed by atoms with Crippen molar-refractivity contribution in [3.63, 3.8) is 0 Å². The van der Waals surface area contributed by atoms with E-state index in [0.29, 0.717) is 5.92 Å². The van der Waals surface area contributed by atoms with Crippen molar-refractivity contribution in [1.29, 1.82) is 0 Å². The summed E-state index contributed by atoms with van der Waals surface area (Å²) < 4.78 is 5.67. The van der Waals surface area contributed by atoms with E-state index in [4.69, 9.17) is 10.5 Å². The molecule has 0 aliphatic carbocycles. The molecule has 1 aliphatic rings. The molecule has 0 spiro atoms. The minimum absolute atomic E-state index is 0.117. The maximum absolute atomic E-state index is 6.13. The summed E-state index contributed by atoms with van der Waals surface area (Å²) in [7, 11) is 0. The van der Waals surface area contributed by atoms with Crippen LogP contribution in [0, 0.1) is 5.92 Å². The first kappa shape index (κ1) is 10.1. The van der Waals surface area contributed by atoms with Gasteiger partial charge in [-0.1, -0.05) is 0 Å². The summed E-state index contributed by atoms with van der Waals surface area (Å²) in [5, 5.41) is 3.16. The van der Waals surface area contributed by atoms with Crippen LogP contribution in [0.15, 0.2) is 11.6 Å². The molecule has 0 bridgehead atoms. The van der Waals surface area contributed by atoms with E-state index in [2.05, 4.69) is 18.8 Å². The lowest BCUT2D eigenvalue weighted by Gasteiger charge is -2.24. The van der Waals surface area contributed by atoms with Crippen molar-refractivity contribution >= 4 is 11.3 Å². The zero-order chi connectivity index (χ0) is 10.2. The van der Waals surface area contributed by atoms with Crippen LogP contribution in [-0.2, 0) is 11.2 Å². The van der Waals surface area contributed by atoms with E-state index < -0.39 is 0 Å². The van der Waals surface area contributed by atoms with Gasteiger partial charge in [0, 0.05) is 30.0 Å². The predicted molar refractivity (Wildman–Crippen MR) is 57.3 cm³/mol. The first-order valence-electron chi connectivity index (χ1n) is 4.87. The molecule has 0 aromatic carbocycles. The summed E-state index contributed by atoms with van der Waals surface area (Å²) in [6.07, 6.45) is 2.79. The Bertz CT molecular complexity index is 297. The third kappa shape index (κ3) is 1.82. The average Bonchev–Trinajstić information content (AvgIpc) is 2.70. The monoisotopic (exact) mass is 212 g/mol. The normalized spacial score (nSPS) is 30.8. The molecule has 2 heterocycles. The Morgan fingerprint density at radius 3 is 3.00 bits per heavy atom. The number of aromatic nitrogens is 1. The van der Waals surface area contributed by atoms with Gasteiger partial charge in [0.15, 0.2) is 0 Å². The third-order valence-corrected chi connectivity index (χ3v) is 3.70. The van der Waals surface area contributed by atoms with E-state index in [1.807, 2.05) is 11.6 Å². The number of rotatable bonds is 2. The summed E-state index contributed by atoms with van der Waals surface area (Å²) in [5.41, 5.74) is 5.95. The van der Waals surface area contributed by atoms with Gasteiger partial charge in [0.25, 0.3) is 0 Å². The van der Waals surface area contributed by atoms with Gasteiger partial charge in [0.1, 0.15) is 0 Å². The molecular formula is C10H16N2OS. The first-order valence-corrected chi connectivity index (χ1v) is 5.75. The number of hydrogen-bond donors (Lipinski definition) is 1. The van der Waals surface area contributed by atoms with Crippen LogP contribution in [0.5, 0.6) is 0 Å². The van der Waals surface area contributed by atoms with Gasteiger partial charge < -0.3 is 10.5 Å². The van der Waals surface area contributed by atoms with Crippen molar-refractivity contribution < 1.29 is 4.74 Å². The van der Waals surface area contributed by atoms with Crippen molar-refractivity contribution in [2.75, 3.05) is 6.61 Å². The van der Waals surface area contributed by atoms with Gasteiger partial charge >= 0.3 is 0 Å². The van der Waals surface area contributed by atoms with Gasteiger partial charge in [-0.05, 0) is 13.8 Å². The standard InChI is InChI=1S/C10H16N2OS/c1-10(2)9(11)7(6-13-10)5-8-12-3-4-14-8/h3-4,7,9H,5-6,11H2,1-2H3. The van der Waals surface area contributed by atoms with Gasteiger partial charge in [-0.3, -0.25) is 0 Å². The van der Waals surface area contributed by atoms with Crippen LogP contribution in [0.2, 0.25) is 0 Å². The molecule has 2 atom stereocenters. The van der Waals surface area contributed by atoms with Crippen LogP contribution in [0.1, 0.15) is 18.9 Å².